The predicted molar refractivity (Wildman–Crippen MR) is 186 cm³/mol. The van der Waals surface area contributed by atoms with Crippen molar-refractivity contribution in [2.75, 3.05) is 0 Å². The van der Waals surface area contributed by atoms with Crippen LogP contribution >= 0.6 is 20.2 Å². The number of aromatic nitrogens is 1. The summed E-state index contributed by atoms with van der Waals surface area (Å²) in [6, 6.07) is 23.8. The molecule has 1 heterocycles. The van der Waals surface area contributed by atoms with E-state index in [9.17, 15) is 0 Å². The molecule has 6 heteroatoms. The van der Waals surface area contributed by atoms with Crippen molar-refractivity contribution in [1.29, 1.82) is 0 Å². The first kappa shape index (κ1) is 35.0. The number of rotatable bonds is 8. The van der Waals surface area contributed by atoms with Gasteiger partial charge in [0.25, 0.3) is 0 Å². The molecular weight excluding hydrogens is 613 g/mol. The van der Waals surface area contributed by atoms with Gasteiger partial charge >= 0.3 is 33.3 Å². The van der Waals surface area contributed by atoms with Gasteiger partial charge in [0.15, 0.2) is 0 Å². The minimum atomic E-state index is 0.194. The second kappa shape index (κ2) is 16.0. The van der Waals surface area contributed by atoms with Crippen molar-refractivity contribution >= 4 is 53.8 Å². The first-order valence-electron chi connectivity index (χ1n) is 15.0. The summed E-state index contributed by atoms with van der Waals surface area (Å²) in [5.74, 6) is 1.53. The molecule has 0 spiro atoms. The van der Waals surface area contributed by atoms with Crippen LogP contribution < -0.4 is 0 Å². The van der Waals surface area contributed by atoms with E-state index in [1.54, 1.807) is 0 Å². The van der Waals surface area contributed by atoms with Crippen LogP contribution in [0.1, 0.15) is 127 Å². The predicted octanol–water partition coefficient (Wildman–Crippen LogP) is 12.4. The monoisotopic (exact) mass is 657 g/mol. The summed E-state index contributed by atoms with van der Waals surface area (Å²) in [4.78, 5) is 15.8. The van der Waals surface area contributed by atoms with Crippen molar-refractivity contribution in [3.05, 3.63) is 100 Å². The molecule has 230 valence electrons. The van der Waals surface area contributed by atoms with Gasteiger partial charge in [-0.15, -0.1) is 0 Å². The summed E-state index contributed by atoms with van der Waals surface area (Å²) in [5, 5.41) is 2.26. The number of pyridine rings is 1. The molecule has 0 atom stereocenters. The molecule has 3 aromatic carbocycles. The topological polar surface area (TPSA) is 37.6 Å². The van der Waals surface area contributed by atoms with E-state index >= 15 is 0 Å². The van der Waals surface area contributed by atoms with E-state index in [2.05, 4.69) is 136 Å². The third kappa shape index (κ3) is 8.58. The molecule has 4 aromatic rings. The Balaban J connectivity index is 0.00000162. The van der Waals surface area contributed by atoms with Crippen molar-refractivity contribution in [2.45, 2.75) is 92.9 Å². The normalized spacial score (nSPS) is 12.6. The second-order valence-corrected chi connectivity index (χ2v) is 14.0. The number of halogens is 2. The Morgan fingerprint density at radius 1 is 0.605 bits per heavy atom. The molecule has 0 radical (unpaired) electrons. The van der Waals surface area contributed by atoms with Crippen LogP contribution in [0.2, 0.25) is 0 Å². The van der Waals surface area contributed by atoms with Crippen LogP contribution in [-0.4, -0.2) is 16.4 Å². The van der Waals surface area contributed by atoms with E-state index < -0.39 is 0 Å². The number of benzene rings is 3. The first-order chi connectivity index (χ1) is 20.4. The van der Waals surface area contributed by atoms with Gasteiger partial charge in [-0.2, -0.15) is 0 Å². The maximum atomic E-state index is 5.30. The third-order valence-electron chi connectivity index (χ3n) is 7.70. The summed E-state index contributed by atoms with van der Waals surface area (Å²) in [6.45, 7) is 22.1. The Morgan fingerprint density at radius 2 is 1.00 bits per heavy atom. The van der Waals surface area contributed by atoms with Crippen LogP contribution in [0.3, 0.4) is 0 Å². The Hall–Kier alpha value is -2.49. The SMILES string of the molecule is CC(=Nc1c(C(C)C)cccc1C(C)C)c1cc2ccccc2c(C(C)=Nc2c(C(C)C)cccc2C(C)C)n1.[Cl][Fe][Cl]. The van der Waals surface area contributed by atoms with Crippen LogP contribution in [-0.2, 0) is 13.1 Å². The van der Waals surface area contributed by atoms with Crippen LogP contribution in [0.5, 0.6) is 0 Å². The van der Waals surface area contributed by atoms with E-state index in [0.29, 0.717) is 23.7 Å². The van der Waals surface area contributed by atoms with Crippen LogP contribution in [0.15, 0.2) is 76.7 Å². The zero-order valence-corrected chi connectivity index (χ0v) is 29.7. The van der Waals surface area contributed by atoms with Crippen LogP contribution in [0, 0.1) is 0 Å². The quantitative estimate of drug-likeness (QED) is 0.137. The molecule has 0 bridgehead atoms. The van der Waals surface area contributed by atoms with Crippen molar-refractivity contribution in [3.8, 4) is 0 Å². The van der Waals surface area contributed by atoms with Crippen molar-refractivity contribution < 1.29 is 13.1 Å². The molecule has 0 saturated heterocycles. The van der Waals surface area contributed by atoms with E-state index in [0.717, 1.165) is 45.0 Å². The maximum absolute atomic E-state index is 5.30. The summed E-state index contributed by atoms with van der Waals surface area (Å²) >= 11 is 0.194. The molecule has 0 unspecified atom stereocenters. The fourth-order valence-corrected chi connectivity index (χ4v) is 5.39. The molecule has 1 aromatic heterocycles. The zero-order chi connectivity index (χ0) is 31.8. The molecule has 0 saturated carbocycles. The Bertz CT molecular complexity index is 1550. The molecule has 0 aliphatic heterocycles. The van der Waals surface area contributed by atoms with Gasteiger partial charge in [0, 0.05) is 5.39 Å². The summed E-state index contributed by atoms with van der Waals surface area (Å²) in [7, 11) is 9.53. The molecule has 0 fully saturated rings. The molecule has 0 N–H and O–H groups in total. The summed E-state index contributed by atoms with van der Waals surface area (Å²) in [5.41, 5.74) is 10.9. The van der Waals surface area contributed by atoms with Gasteiger partial charge < -0.3 is 0 Å². The van der Waals surface area contributed by atoms with E-state index in [-0.39, 0.29) is 13.1 Å². The van der Waals surface area contributed by atoms with E-state index in [1.807, 2.05) is 0 Å². The zero-order valence-electron chi connectivity index (χ0n) is 27.1. The van der Waals surface area contributed by atoms with E-state index in [1.165, 1.54) is 22.3 Å². The first-order valence-corrected chi connectivity index (χ1v) is 18.1. The molecule has 43 heavy (non-hydrogen) atoms. The Morgan fingerprint density at radius 3 is 1.42 bits per heavy atom. The van der Waals surface area contributed by atoms with Gasteiger partial charge in [-0.1, -0.05) is 116 Å². The Kier molecular flexibility index (Phi) is 13.0. The number of hydrogen-bond donors (Lipinski definition) is 0. The number of nitrogens with zero attached hydrogens (tertiary/aromatic N) is 3. The van der Waals surface area contributed by atoms with Gasteiger partial charge in [-0.3, -0.25) is 9.98 Å². The average Bonchev–Trinajstić information content (AvgIpc) is 2.96. The van der Waals surface area contributed by atoms with Crippen LogP contribution in [0.4, 0.5) is 11.4 Å². The fraction of sp³-hybridized carbons (Fsp3) is 0.378. The molecule has 0 amide bonds. The Labute approximate surface area is 273 Å². The van der Waals surface area contributed by atoms with Crippen LogP contribution in [0.25, 0.3) is 10.8 Å². The van der Waals surface area contributed by atoms with E-state index in [4.69, 9.17) is 35.2 Å². The standard InChI is InChI=1S/C37H45N3.2ClH.Fe/c1-22(2)29-17-13-18-30(23(3)4)36(29)38-26(9)34-21-28-15-11-12-16-33(28)35(40-34)27(10)39-37-31(24(5)6)19-14-20-32(37)25(7)8;;;/h11-25H,1-10H3;2*1H;/q;;;+2/p-2. The number of aliphatic imine (C=N–C) groups is 2. The number of fused-ring (bicyclic) bond motifs is 1. The molecule has 0 aliphatic rings. The van der Waals surface area contributed by atoms with Crippen molar-refractivity contribution in [2.24, 2.45) is 9.98 Å². The summed E-state index contributed by atoms with van der Waals surface area (Å²) < 4.78 is 0. The van der Waals surface area contributed by atoms with Crippen molar-refractivity contribution in [3.63, 3.8) is 0 Å². The van der Waals surface area contributed by atoms with Gasteiger partial charge in [-0.25, -0.2) is 4.98 Å². The molecule has 0 aliphatic carbocycles. The number of hydrogen-bond acceptors (Lipinski definition) is 3. The summed E-state index contributed by atoms with van der Waals surface area (Å²) in [6.07, 6.45) is 0. The van der Waals surface area contributed by atoms with Gasteiger partial charge in [0.2, 0.25) is 0 Å². The number of para-hydroxylation sites is 2. The second-order valence-electron chi connectivity index (χ2n) is 12.2. The van der Waals surface area contributed by atoms with Crippen molar-refractivity contribution in [1.82, 2.24) is 4.98 Å². The van der Waals surface area contributed by atoms with Gasteiger partial charge in [0.1, 0.15) is 0 Å². The molecular formula is C37H45Cl2FeN3. The van der Waals surface area contributed by atoms with Gasteiger partial charge in [-0.05, 0) is 71.2 Å². The molecule has 4 rings (SSSR count). The van der Waals surface area contributed by atoms with Gasteiger partial charge in [0.05, 0.1) is 34.2 Å². The third-order valence-corrected chi connectivity index (χ3v) is 7.70. The molecule has 3 nitrogen and oxygen atoms in total. The minimum absolute atomic E-state index is 0.194. The fourth-order valence-electron chi connectivity index (χ4n) is 5.39. The average molecular weight is 659 g/mol.